The monoisotopic (exact) mass is 419 g/mol. The molecule has 1 N–H and O–H groups in total. The summed E-state index contributed by atoms with van der Waals surface area (Å²) in [5, 5.41) is 6.55. The summed E-state index contributed by atoms with van der Waals surface area (Å²) < 4.78 is 0. The number of rotatable bonds is 6. The van der Waals surface area contributed by atoms with Crippen LogP contribution in [0.1, 0.15) is 26.3 Å². The van der Waals surface area contributed by atoms with Gasteiger partial charge in [-0.1, -0.05) is 42.5 Å². The van der Waals surface area contributed by atoms with E-state index < -0.39 is 0 Å². The van der Waals surface area contributed by atoms with Crippen LogP contribution in [-0.2, 0) is 6.42 Å². The molecule has 1 aliphatic heterocycles. The molecule has 30 heavy (non-hydrogen) atoms. The Morgan fingerprint density at radius 3 is 2.37 bits per heavy atom. The summed E-state index contributed by atoms with van der Waals surface area (Å²) in [6.45, 7) is 4.12. The van der Waals surface area contributed by atoms with E-state index in [9.17, 15) is 9.59 Å². The first-order valence-corrected chi connectivity index (χ1v) is 11.1. The van der Waals surface area contributed by atoms with Gasteiger partial charge in [0, 0.05) is 38.1 Å². The number of nitrogens with one attached hydrogen (secondary N) is 1. The number of hydrogen-bond donors (Lipinski definition) is 1. The van der Waals surface area contributed by atoms with Crippen molar-refractivity contribution in [1.82, 2.24) is 9.80 Å². The number of amides is 2. The van der Waals surface area contributed by atoms with Crippen molar-refractivity contribution in [2.24, 2.45) is 0 Å². The standard InChI is InChI=1S/C24H25N3O2S/c28-23(20-11-17-30-18-20)25-22-9-5-4-8-21(22)24(29)27-15-13-26(14-16-27)12-10-19-6-2-1-3-7-19/h1-9,11,17-18H,10,12-16H2,(H,25,28). The number of para-hydroxylation sites is 1. The van der Waals surface area contributed by atoms with E-state index in [4.69, 9.17) is 0 Å². The molecule has 2 amide bonds. The third kappa shape index (κ3) is 4.96. The Hall–Kier alpha value is -2.96. The number of thiophene rings is 1. The van der Waals surface area contributed by atoms with Gasteiger partial charge in [0.05, 0.1) is 16.8 Å². The third-order valence-corrected chi connectivity index (χ3v) is 6.09. The van der Waals surface area contributed by atoms with Crippen molar-refractivity contribution in [3.63, 3.8) is 0 Å². The SMILES string of the molecule is O=C(Nc1ccccc1C(=O)N1CCN(CCc2ccccc2)CC1)c1ccsc1. The van der Waals surface area contributed by atoms with Crippen molar-refractivity contribution in [3.8, 4) is 0 Å². The molecular formula is C24H25N3O2S. The normalized spacial score (nSPS) is 14.5. The predicted octanol–water partition coefficient (Wildman–Crippen LogP) is 4.00. The number of nitrogens with zero attached hydrogens (tertiary/aromatic N) is 2. The highest BCUT2D eigenvalue weighted by atomic mass is 32.1. The van der Waals surface area contributed by atoms with Crippen LogP contribution in [0.2, 0.25) is 0 Å². The fourth-order valence-electron chi connectivity index (χ4n) is 3.64. The molecule has 1 fully saturated rings. The van der Waals surface area contributed by atoms with E-state index in [1.807, 2.05) is 28.5 Å². The molecule has 0 bridgehead atoms. The molecule has 0 unspecified atom stereocenters. The Morgan fingerprint density at radius 1 is 0.900 bits per heavy atom. The second kappa shape index (κ2) is 9.69. The topological polar surface area (TPSA) is 52.7 Å². The van der Waals surface area contributed by atoms with E-state index in [0.717, 1.165) is 26.1 Å². The number of carbonyl (C=O) groups excluding carboxylic acids is 2. The maximum Gasteiger partial charge on any atom is 0.256 e. The van der Waals surface area contributed by atoms with Crippen molar-refractivity contribution in [2.75, 3.05) is 38.0 Å². The highest BCUT2D eigenvalue weighted by molar-refractivity contribution is 7.08. The fourth-order valence-corrected chi connectivity index (χ4v) is 4.28. The van der Waals surface area contributed by atoms with Crippen molar-refractivity contribution in [2.45, 2.75) is 6.42 Å². The van der Waals surface area contributed by atoms with Gasteiger partial charge in [-0.15, -0.1) is 0 Å². The van der Waals surface area contributed by atoms with Gasteiger partial charge in [-0.25, -0.2) is 0 Å². The highest BCUT2D eigenvalue weighted by Gasteiger charge is 2.24. The summed E-state index contributed by atoms with van der Waals surface area (Å²) in [4.78, 5) is 29.8. The molecule has 0 spiro atoms. The Morgan fingerprint density at radius 2 is 1.63 bits per heavy atom. The molecular weight excluding hydrogens is 394 g/mol. The quantitative estimate of drug-likeness (QED) is 0.657. The van der Waals surface area contributed by atoms with E-state index in [1.165, 1.54) is 16.9 Å². The molecule has 5 nitrogen and oxygen atoms in total. The third-order valence-electron chi connectivity index (χ3n) is 5.41. The zero-order valence-corrected chi connectivity index (χ0v) is 17.6. The Kier molecular flexibility index (Phi) is 6.57. The van der Waals surface area contributed by atoms with E-state index in [2.05, 4.69) is 34.5 Å². The summed E-state index contributed by atoms with van der Waals surface area (Å²) >= 11 is 1.47. The van der Waals surface area contributed by atoms with Gasteiger partial charge in [0.25, 0.3) is 11.8 Å². The predicted molar refractivity (Wildman–Crippen MR) is 121 cm³/mol. The molecule has 154 valence electrons. The molecule has 1 aliphatic rings. The van der Waals surface area contributed by atoms with Crippen LogP contribution in [0.5, 0.6) is 0 Å². The van der Waals surface area contributed by atoms with Crippen LogP contribution < -0.4 is 5.32 Å². The number of piperazine rings is 1. The summed E-state index contributed by atoms with van der Waals surface area (Å²) in [7, 11) is 0. The van der Waals surface area contributed by atoms with Gasteiger partial charge >= 0.3 is 0 Å². The second-order valence-electron chi connectivity index (χ2n) is 7.38. The Balaban J connectivity index is 1.34. The average molecular weight is 420 g/mol. The van der Waals surface area contributed by atoms with Gasteiger partial charge in [-0.2, -0.15) is 11.3 Å². The van der Waals surface area contributed by atoms with Gasteiger partial charge < -0.3 is 10.2 Å². The number of hydrogen-bond acceptors (Lipinski definition) is 4. The largest absolute Gasteiger partial charge is 0.336 e. The van der Waals surface area contributed by atoms with Crippen LogP contribution >= 0.6 is 11.3 Å². The van der Waals surface area contributed by atoms with E-state index in [0.29, 0.717) is 29.9 Å². The van der Waals surface area contributed by atoms with Crippen molar-refractivity contribution >= 4 is 28.8 Å². The minimum Gasteiger partial charge on any atom is -0.336 e. The molecule has 0 saturated carbocycles. The molecule has 0 atom stereocenters. The van der Waals surface area contributed by atoms with Crippen LogP contribution in [0.4, 0.5) is 5.69 Å². The first-order chi connectivity index (χ1) is 14.7. The zero-order valence-electron chi connectivity index (χ0n) is 16.8. The summed E-state index contributed by atoms with van der Waals surface area (Å²) in [6.07, 6.45) is 1.02. The minimum atomic E-state index is -0.192. The molecule has 6 heteroatoms. The van der Waals surface area contributed by atoms with Crippen LogP contribution in [0.3, 0.4) is 0 Å². The molecule has 4 rings (SSSR count). The fraction of sp³-hybridized carbons (Fsp3) is 0.250. The zero-order chi connectivity index (χ0) is 20.8. The molecule has 2 aromatic carbocycles. The van der Waals surface area contributed by atoms with Crippen LogP contribution in [0, 0.1) is 0 Å². The molecule has 1 aromatic heterocycles. The lowest BCUT2D eigenvalue weighted by molar-refractivity contribution is 0.0639. The smallest absolute Gasteiger partial charge is 0.256 e. The minimum absolute atomic E-state index is 0.0288. The van der Waals surface area contributed by atoms with Crippen molar-refractivity contribution < 1.29 is 9.59 Å². The van der Waals surface area contributed by atoms with Gasteiger partial charge in [0.1, 0.15) is 0 Å². The molecule has 2 heterocycles. The van der Waals surface area contributed by atoms with Crippen LogP contribution in [-0.4, -0.2) is 54.3 Å². The van der Waals surface area contributed by atoms with Gasteiger partial charge in [0.2, 0.25) is 0 Å². The second-order valence-corrected chi connectivity index (χ2v) is 8.16. The molecule has 3 aromatic rings. The van der Waals surface area contributed by atoms with Crippen molar-refractivity contribution in [1.29, 1.82) is 0 Å². The lowest BCUT2D eigenvalue weighted by Gasteiger charge is -2.35. The maximum absolute atomic E-state index is 13.1. The first-order valence-electron chi connectivity index (χ1n) is 10.2. The highest BCUT2D eigenvalue weighted by Crippen LogP contribution is 2.20. The average Bonchev–Trinajstić information content (AvgIpc) is 3.34. The maximum atomic E-state index is 13.1. The van der Waals surface area contributed by atoms with E-state index in [-0.39, 0.29) is 11.8 Å². The lowest BCUT2D eigenvalue weighted by atomic mass is 10.1. The molecule has 1 saturated heterocycles. The Bertz CT molecular complexity index is 981. The van der Waals surface area contributed by atoms with Crippen LogP contribution in [0.25, 0.3) is 0 Å². The summed E-state index contributed by atoms with van der Waals surface area (Å²) in [5.41, 5.74) is 3.05. The summed E-state index contributed by atoms with van der Waals surface area (Å²) in [6, 6.07) is 19.5. The van der Waals surface area contributed by atoms with E-state index in [1.54, 1.807) is 23.6 Å². The van der Waals surface area contributed by atoms with Crippen LogP contribution in [0.15, 0.2) is 71.4 Å². The number of benzene rings is 2. The van der Waals surface area contributed by atoms with E-state index >= 15 is 0 Å². The first kappa shape index (κ1) is 20.3. The van der Waals surface area contributed by atoms with Gasteiger partial charge in [-0.05, 0) is 35.6 Å². The number of anilines is 1. The summed E-state index contributed by atoms with van der Waals surface area (Å²) in [5.74, 6) is -0.221. The van der Waals surface area contributed by atoms with Crippen molar-refractivity contribution in [3.05, 3.63) is 88.1 Å². The lowest BCUT2D eigenvalue weighted by Crippen LogP contribution is -2.49. The van der Waals surface area contributed by atoms with Gasteiger partial charge in [-0.3, -0.25) is 14.5 Å². The van der Waals surface area contributed by atoms with Gasteiger partial charge in [0.15, 0.2) is 0 Å². The Labute approximate surface area is 180 Å². The molecule has 0 radical (unpaired) electrons. The molecule has 0 aliphatic carbocycles. The number of carbonyl (C=O) groups is 2.